The van der Waals surface area contributed by atoms with Gasteiger partial charge in [-0.3, -0.25) is 4.99 Å². The number of fused-ring (bicyclic) bond motifs is 1. The second-order valence-corrected chi connectivity index (χ2v) is 7.68. The number of thioether (sulfide) groups is 1. The lowest BCUT2D eigenvalue weighted by Crippen LogP contribution is -2.40. The second kappa shape index (κ2) is 10.6. The standard InChI is InChI=1S/C17H24ClN3O2S.HI/c1-19-17(21-11-13-3-2-8-24-13)20-5-4-12-9-14(18)16-15(10-12)22-6-7-23-16;/h9-10,13H,2-8,11H2,1H3,(H2,19,20,21);1H. The van der Waals surface area contributed by atoms with Crippen molar-refractivity contribution in [2.75, 3.05) is 39.1 Å². The van der Waals surface area contributed by atoms with Crippen molar-refractivity contribution in [3.63, 3.8) is 0 Å². The van der Waals surface area contributed by atoms with E-state index in [1.165, 1.54) is 18.6 Å². The zero-order chi connectivity index (χ0) is 16.8. The van der Waals surface area contributed by atoms with E-state index >= 15 is 0 Å². The average Bonchev–Trinajstić information content (AvgIpc) is 3.11. The molecule has 0 radical (unpaired) electrons. The average molecular weight is 498 g/mol. The molecular weight excluding hydrogens is 473 g/mol. The van der Waals surface area contributed by atoms with Crippen molar-refractivity contribution in [3.8, 4) is 11.5 Å². The van der Waals surface area contributed by atoms with Crippen LogP contribution in [0.4, 0.5) is 0 Å². The number of ether oxygens (including phenoxy) is 2. The first kappa shape index (κ1) is 20.8. The number of nitrogens with zero attached hydrogens (tertiary/aromatic N) is 1. The molecule has 1 aromatic carbocycles. The Kier molecular flexibility index (Phi) is 8.78. The molecule has 0 aliphatic carbocycles. The SMILES string of the molecule is CN=C(NCCc1cc(Cl)c2c(c1)OCCO2)NCC1CCCS1.I. The smallest absolute Gasteiger partial charge is 0.191 e. The highest BCUT2D eigenvalue weighted by atomic mass is 127. The highest BCUT2D eigenvalue weighted by Gasteiger charge is 2.17. The van der Waals surface area contributed by atoms with E-state index in [2.05, 4.69) is 15.6 Å². The molecule has 0 spiro atoms. The van der Waals surface area contributed by atoms with Gasteiger partial charge in [0.15, 0.2) is 17.5 Å². The molecule has 1 aromatic rings. The number of nitrogens with one attached hydrogen (secondary N) is 2. The third-order valence-electron chi connectivity index (χ3n) is 4.11. The summed E-state index contributed by atoms with van der Waals surface area (Å²) in [5.74, 6) is 3.53. The Hall–Kier alpha value is -0.540. The van der Waals surface area contributed by atoms with Crippen molar-refractivity contribution in [1.29, 1.82) is 0 Å². The molecule has 2 N–H and O–H groups in total. The molecule has 3 rings (SSSR count). The summed E-state index contributed by atoms with van der Waals surface area (Å²) < 4.78 is 11.2. The fourth-order valence-electron chi connectivity index (χ4n) is 2.87. The maximum atomic E-state index is 6.27. The van der Waals surface area contributed by atoms with E-state index in [9.17, 15) is 0 Å². The van der Waals surface area contributed by atoms with Gasteiger partial charge in [-0.1, -0.05) is 11.6 Å². The number of halogens is 2. The van der Waals surface area contributed by atoms with Crippen molar-refractivity contribution in [1.82, 2.24) is 10.6 Å². The van der Waals surface area contributed by atoms with E-state index in [1.807, 2.05) is 23.9 Å². The summed E-state index contributed by atoms with van der Waals surface area (Å²) in [7, 11) is 1.80. The molecule has 5 nitrogen and oxygen atoms in total. The van der Waals surface area contributed by atoms with Gasteiger partial charge in [0, 0.05) is 25.4 Å². The Morgan fingerprint density at radius 1 is 1.32 bits per heavy atom. The molecule has 1 atom stereocenters. The van der Waals surface area contributed by atoms with Crippen molar-refractivity contribution < 1.29 is 9.47 Å². The monoisotopic (exact) mass is 497 g/mol. The first-order chi connectivity index (χ1) is 11.8. The van der Waals surface area contributed by atoms with Crippen LogP contribution in [0.1, 0.15) is 18.4 Å². The lowest BCUT2D eigenvalue weighted by Gasteiger charge is -2.20. The molecule has 0 saturated carbocycles. The Bertz CT molecular complexity index is 598. The third-order valence-corrected chi connectivity index (χ3v) is 5.79. The van der Waals surface area contributed by atoms with E-state index in [4.69, 9.17) is 21.1 Å². The predicted octanol–water partition coefficient (Wildman–Crippen LogP) is 3.33. The van der Waals surface area contributed by atoms with Gasteiger partial charge in [-0.15, -0.1) is 24.0 Å². The van der Waals surface area contributed by atoms with E-state index in [1.54, 1.807) is 7.05 Å². The van der Waals surface area contributed by atoms with E-state index < -0.39 is 0 Å². The lowest BCUT2D eigenvalue weighted by molar-refractivity contribution is 0.171. The van der Waals surface area contributed by atoms with Crippen LogP contribution in [0.2, 0.25) is 5.02 Å². The normalized spacial score (nSPS) is 19.3. The second-order valence-electron chi connectivity index (χ2n) is 5.87. The van der Waals surface area contributed by atoms with E-state index in [0.29, 0.717) is 29.2 Å². The number of guanidine groups is 1. The topological polar surface area (TPSA) is 54.9 Å². The van der Waals surface area contributed by atoms with Crippen LogP contribution in [-0.2, 0) is 6.42 Å². The summed E-state index contributed by atoms with van der Waals surface area (Å²) in [6.45, 7) is 2.88. The van der Waals surface area contributed by atoms with Crippen molar-refractivity contribution in [2.45, 2.75) is 24.5 Å². The van der Waals surface area contributed by atoms with Gasteiger partial charge in [0.05, 0.1) is 5.02 Å². The molecule has 2 aliphatic heterocycles. The summed E-state index contributed by atoms with van der Waals surface area (Å²) in [4.78, 5) is 4.28. The minimum Gasteiger partial charge on any atom is -0.486 e. The van der Waals surface area contributed by atoms with Crippen LogP contribution in [0.25, 0.3) is 0 Å². The Morgan fingerprint density at radius 2 is 2.16 bits per heavy atom. The molecule has 2 heterocycles. The highest BCUT2D eigenvalue weighted by molar-refractivity contribution is 14.0. The molecular formula is C17H25ClIN3O2S. The number of hydrogen-bond donors (Lipinski definition) is 2. The van der Waals surface area contributed by atoms with Gasteiger partial charge < -0.3 is 20.1 Å². The van der Waals surface area contributed by atoms with Crippen LogP contribution in [0, 0.1) is 0 Å². The maximum absolute atomic E-state index is 6.27. The number of rotatable bonds is 5. The summed E-state index contributed by atoms with van der Waals surface area (Å²) >= 11 is 8.32. The lowest BCUT2D eigenvalue weighted by atomic mass is 10.1. The van der Waals surface area contributed by atoms with Crippen LogP contribution in [-0.4, -0.2) is 50.3 Å². The minimum absolute atomic E-state index is 0. The van der Waals surface area contributed by atoms with Gasteiger partial charge in [-0.05, 0) is 42.7 Å². The van der Waals surface area contributed by atoms with Gasteiger partial charge in [-0.2, -0.15) is 11.8 Å². The zero-order valence-electron chi connectivity index (χ0n) is 14.3. The summed E-state index contributed by atoms with van der Waals surface area (Å²) in [6.07, 6.45) is 3.47. The molecule has 1 fully saturated rings. The van der Waals surface area contributed by atoms with Crippen molar-refractivity contribution >= 4 is 53.3 Å². The quantitative estimate of drug-likeness (QED) is 0.371. The molecule has 140 valence electrons. The largest absolute Gasteiger partial charge is 0.486 e. The van der Waals surface area contributed by atoms with Gasteiger partial charge in [0.25, 0.3) is 0 Å². The fourth-order valence-corrected chi connectivity index (χ4v) is 4.36. The molecule has 8 heteroatoms. The Morgan fingerprint density at radius 3 is 2.92 bits per heavy atom. The number of hydrogen-bond acceptors (Lipinski definition) is 4. The molecule has 1 saturated heterocycles. The van der Waals surface area contributed by atoms with Crippen LogP contribution < -0.4 is 20.1 Å². The molecule has 0 bridgehead atoms. The summed E-state index contributed by atoms with van der Waals surface area (Å²) in [6, 6.07) is 3.95. The van der Waals surface area contributed by atoms with Crippen molar-refractivity contribution in [2.24, 2.45) is 4.99 Å². The van der Waals surface area contributed by atoms with E-state index in [-0.39, 0.29) is 24.0 Å². The Balaban J connectivity index is 0.00000225. The Labute approximate surface area is 175 Å². The molecule has 1 unspecified atom stereocenters. The van der Waals surface area contributed by atoms with Gasteiger partial charge in [0.1, 0.15) is 13.2 Å². The first-order valence-corrected chi connectivity index (χ1v) is 9.83. The molecule has 0 amide bonds. The molecule has 25 heavy (non-hydrogen) atoms. The highest BCUT2D eigenvalue weighted by Crippen LogP contribution is 2.38. The fraction of sp³-hybridized carbons (Fsp3) is 0.588. The van der Waals surface area contributed by atoms with Crippen molar-refractivity contribution in [3.05, 3.63) is 22.7 Å². The zero-order valence-corrected chi connectivity index (χ0v) is 18.2. The molecule has 2 aliphatic rings. The molecule has 0 aromatic heterocycles. The predicted molar refractivity (Wildman–Crippen MR) is 116 cm³/mol. The van der Waals surface area contributed by atoms with Gasteiger partial charge in [0.2, 0.25) is 0 Å². The van der Waals surface area contributed by atoms with E-state index in [0.717, 1.165) is 36.8 Å². The number of benzene rings is 1. The summed E-state index contributed by atoms with van der Waals surface area (Å²) in [5.41, 5.74) is 1.12. The van der Waals surface area contributed by atoms with Gasteiger partial charge >= 0.3 is 0 Å². The van der Waals surface area contributed by atoms with Gasteiger partial charge in [-0.25, -0.2) is 0 Å². The summed E-state index contributed by atoms with van der Waals surface area (Å²) in [5, 5.41) is 8.08. The third kappa shape index (κ3) is 5.99. The minimum atomic E-state index is 0. The van der Waals surface area contributed by atoms with Crippen LogP contribution >= 0.6 is 47.3 Å². The van der Waals surface area contributed by atoms with Crippen LogP contribution in [0.3, 0.4) is 0 Å². The van der Waals surface area contributed by atoms with Crippen LogP contribution in [0.5, 0.6) is 11.5 Å². The number of aliphatic imine (C=N–C) groups is 1. The maximum Gasteiger partial charge on any atom is 0.191 e. The van der Waals surface area contributed by atoms with Crippen LogP contribution in [0.15, 0.2) is 17.1 Å². The first-order valence-electron chi connectivity index (χ1n) is 8.40.